The minimum atomic E-state index is -0.974. The SMILES string of the molecule is C[C@@H](CNC(=O)C12CC(C(=O)O)(CO1)C2)Oc1ccc(Cl)cc1. The number of carboxylic acid groups (broad SMARTS) is 1. The maximum Gasteiger partial charge on any atom is 0.312 e. The second-order valence-corrected chi connectivity index (χ2v) is 6.75. The number of halogens is 1. The van der Waals surface area contributed by atoms with Crippen molar-refractivity contribution in [1.82, 2.24) is 5.32 Å². The van der Waals surface area contributed by atoms with Gasteiger partial charge in [0, 0.05) is 17.9 Å². The van der Waals surface area contributed by atoms with Crippen LogP contribution in [0.25, 0.3) is 0 Å². The highest BCUT2D eigenvalue weighted by molar-refractivity contribution is 6.30. The van der Waals surface area contributed by atoms with Crippen LogP contribution in [0, 0.1) is 5.41 Å². The number of aliphatic carboxylic acids is 1. The standard InChI is InChI=1S/C16H18ClNO5/c1-10(23-12-4-2-11(17)3-5-12)6-18-13(19)16-7-15(8-16,9-22-16)14(20)21/h2-5,10H,6-9H2,1H3,(H,18,19)(H,20,21)/t10-,15?,16?/m0/s1. The lowest BCUT2D eigenvalue weighted by Crippen LogP contribution is -2.57. The Morgan fingerprint density at radius 3 is 2.61 bits per heavy atom. The van der Waals surface area contributed by atoms with Gasteiger partial charge in [0.25, 0.3) is 5.91 Å². The molecule has 23 heavy (non-hydrogen) atoms. The van der Waals surface area contributed by atoms with E-state index in [9.17, 15) is 9.59 Å². The van der Waals surface area contributed by atoms with E-state index in [0.717, 1.165) is 0 Å². The van der Waals surface area contributed by atoms with Gasteiger partial charge in [0.2, 0.25) is 0 Å². The van der Waals surface area contributed by atoms with Crippen LogP contribution >= 0.6 is 11.6 Å². The van der Waals surface area contributed by atoms with Crippen molar-refractivity contribution < 1.29 is 24.2 Å². The van der Waals surface area contributed by atoms with Crippen LogP contribution < -0.4 is 10.1 Å². The van der Waals surface area contributed by atoms with E-state index >= 15 is 0 Å². The van der Waals surface area contributed by atoms with Gasteiger partial charge in [-0.25, -0.2) is 0 Å². The second kappa shape index (κ2) is 5.69. The molecule has 1 aromatic carbocycles. The van der Waals surface area contributed by atoms with Crippen LogP contribution in [-0.2, 0) is 14.3 Å². The number of hydrogen-bond acceptors (Lipinski definition) is 4. The topological polar surface area (TPSA) is 84.9 Å². The fourth-order valence-electron chi connectivity index (χ4n) is 3.15. The number of carboxylic acids is 1. The molecule has 2 saturated heterocycles. The van der Waals surface area contributed by atoms with Crippen molar-refractivity contribution >= 4 is 23.5 Å². The lowest BCUT2D eigenvalue weighted by Gasteiger charge is -2.40. The monoisotopic (exact) mass is 339 g/mol. The van der Waals surface area contributed by atoms with Crippen molar-refractivity contribution in [2.75, 3.05) is 13.2 Å². The van der Waals surface area contributed by atoms with E-state index in [0.29, 0.717) is 17.3 Å². The highest BCUT2D eigenvalue weighted by Gasteiger charge is 2.70. The van der Waals surface area contributed by atoms with Crippen LogP contribution in [0.5, 0.6) is 5.75 Å². The number of rotatable bonds is 6. The van der Waals surface area contributed by atoms with Crippen LogP contribution in [0.4, 0.5) is 0 Å². The van der Waals surface area contributed by atoms with Gasteiger partial charge in [-0.2, -0.15) is 0 Å². The number of carbonyl (C=O) groups excluding carboxylic acids is 1. The summed E-state index contributed by atoms with van der Waals surface area (Å²) in [6.45, 7) is 2.25. The Morgan fingerprint density at radius 1 is 1.39 bits per heavy atom. The predicted molar refractivity (Wildman–Crippen MR) is 82.5 cm³/mol. The van der Waals surface area contributed by atoms with Gasteiger partial charge in [-0.05, 0) is 31.2 Å². The summed E-state index contributed by atoms with van der Waals surface area (Å²) < 4.78 is 11.1. The first-order valence-electron chi connectivity index (χ1n) is 7.43. The van der Waals surface area contributed by atoms with Gasteiger partial charge in [0.15, 0.2) is 0 Å². The Hall–Kier alpha value is -1.79. The van der Waals surface area contributed by atoms with Gasteiger partial charge in [-0.15, -0.1) is 0 Å². The molecule has 1 aromatic rings. The zero-order chi connectivity index (χ0) is 16.7. The molecule has 0 spiro atoms. The molecule has 124 valence electrons. The summed E-state index contributed by atoms with van der Waals surface area (Å²) in [5.74, 6) is -0.490. The Labute approximate surface area is 138 Å². The quantitative estimate of drug-likeness (QED) is 0.826. The Bertz CT molecular complexity index is 624. The minimum absolute atomic E-state index is 0.104. The summed E-state index contributed by atoms with van der Waals surface area (Å²) in [6.07, 6.45) is 0.253. The van der Waals surface area contributed by atoms with Gasteiger partial charge >= 0.3 is 5.97 Å². The molecule has 2 bridgehead atoms. The van der Waals surface area contributed by atoms with Gasteiger partial charge in [-0.1, -0.05) is 11.6 Å². The smallest absolute Gasteiger partial charge is 0.312 e. The van der Waals surface area contributed by atoms with E-state index in [1.54, 1.807) is 24.3 Å². The van der Waals surface area contributed by atoms with Crippen LogP contribution in [-0.4, -0.2) is 41.8 Å². The fourth-order valence-corrected chi connectivity index (χ4v) is 3.27. The lowest BCUT2D eigenvalue weighted by atomic mass is 9.62. The first-order valence-corrected chi connectivity index (χ1v) is 7.81. The number of nitrogens with one attached hydrogen (secondary N) is 1. The molecule has 7 heteroatoms. The summed E-state index contributed by atoms with van der Waals surface area (Å²) in [7, 11) is 0. The highest BCUT2D eigenvalue weighted by atomic mass is 35.5. The van der Waals surface area contributed by atoms with Crippen LogP contribution in [0.3, 0.4) is 0 Å². The summed E-state index contributed by atoms with van der Waals surface area (Å²) in [4.78, 5) is 23.4. The number of hydrogen-bond donors (Lipinski definition) is 2. The van der Waals surface area contributed by atoms with Gasteiger partial charge in [-0.3, -0.25) is 9.59 Å². The average Bonchev–Trinajstić information content (AvgIpc) is 3.05. The van der Waals surface area contributed by atoms with Crippen molar-refractivity contribution in [3.8, 4) is 5.75 Å². The number of benzene rings is 1. The fraction of sp³-hybridized carbons (Fsp3) is 0.500. The number of carbonyl (C=O) groups is 2. The summed E-state index contributed by atoms with van der Waals surface area (Å²) in [6, 6.07) is 6.97. The van der Waals surface area contributed by atoms with Gasteiger partial charge in [0.1, 0.15) is 17.5 Å². The molecule has 0 aromatic heterocycles. The van der Waals surface area contributed by atoms with Crippen molar-refractivity contribution in [3.05, 3.63) is 29.3 Å². The van der Waals surface area contributed by atoms with Gasteiger partial charge in [0.05, 0.1) is 18.6 Å². The molecule has 0 unspecified atom stereocenters. The minimum Gasteiger partial charge on any atom is -0.489 e. The summed E-state index contributed by atoms with van der Waals surface area (Å²) in [5, 5.41) is 12.6. The Balaban J connectivity index is 1.48. The van der Waals surface area contributed by atoms with E-state index in [-0.39, 0.29) is 31.5 Å². The largest absolute Gasteiger partial charge is 0.489 e. The van der Waals surface area contributed by atoms with Crippen molar-refractivity contribution in [1.29, 1.82) is 0 Å². The van der Waals surface area contributed by atoms with Crippen LogP contribution in [0.15, 0.2) is 24.3 Å². The van der Waals surface area contributed by atoms with Crippen molar-refractivity contribution in [2.45, 2.75) is 31.5 Å². The molecule has 3 fully saturated rings. The molecule has 1 aliphatic carbocycles. The molecular weight excluding hydrogens is 322 g/mol. The molecule has 6 nitrogen and oxygen atoms in total. The zero-order valence-corrected chi connectivity index (χ0v) is 13.4. The first kappa shape index (κ1) is 16.1. The van der Waals surface area contributed by atoms with E-state index in [4.69, 9.17) is 26.2 Å². The lowest BCUT2D eigenvalue weighted by molar-refractivity contribution is -0.158. The highest BCUT2D eigenvalue weighted by Crippen LogP contribution is 2.58. The van der Waals surface area contributed by atoms with E-state index in [1.165, 1.54) is 0 Å². The maximum atomic E-state index is 12.3. The molecule has 1 saturated carbocycles. The Kier molecular flexibility index (Phi) is 3.98. The molecule has 1 atom stereocenters. The number of ether oxygens (including phenoxy) is 2. The number of amides is 1. The average molecular weight is 340 g/mol. The molecule has 2 N–H and O–H groups in total. The predicted octanol–water partition coefficient (Wildman–Crippen LogP) is 1.86. The third-order valence-corrected chi connectivity index (χ3v) is 4.69. The maximum absolute atomic E-state index is 12.3. The molecule has 3 aliphatic rings. The normalized spacial score (nSPS) is 29.5. The molecule has 2 aliphatic heterocycles. The molecule has 0 radical (unpaired) electrons. The molecule has 4 rings (SSSR count). The first-order chi connectivity index (χ1) is 10.9. The zero-order valence-electron chi connectivity index (χ0n) is 12.7. The third-order valence-electron chi connectivity index (χ3n) is 4.44. The molecule has 1 amide bonds. The van der Waals surface area contributed by atoms with E-state index < -0.39 is 17.0 Å². The van der Waals surface area contributed by atoms with E-state index in [1.807, 2.05) is 6.92 Å². The van der Waals surface area contributed by atoms with Crippen LogP contribution in [0.1, 0.15) is 19.8 Å². The summed E-state index contributed by atoms with van der Waals surface area (Å²) >= 11 is 5.81. The molecule has 2 heterocycles. The van der Waals surface area contributed by atoms with E-state index in [2.05, 4.69) is 5.32 Å². The molecular formula is C16H18ClNO5. The summed E-state index contributed by atoms with van der Waals surface area (Å²) in [5.41, 5.74) is -1.85. The van der Waals surface area contributed by atoms with Gasteiger partial charge < -0.3 is 19.9 Å². The van der Waals surface area contributed by atoms with Crippen molar-refractivity contribution in [2.24, 2.45) is 5.41 Å². The van der Waals surface area contributed by atoms with Crippen LogP contribution in [0.2, 0.25) is 5.02 Å². The number of fused-ring (bicyclic) bond motifs is 1. The third kappa shape index (κ3) is 2.88. The van der Waals surface area contributed by atoms with Crippen molar-refractivity contribution in [3.63, 3.8) is 0 Å². The Morgan fingerprint density at radius 2 is 2.04 bits per heavy atom. The second-order valence-electron chi connectivity index (χ2n) is 6.31.